The van der Waals surface area contributed by atoms with Crippen LogP contribution in [0.3, 0.4) is 0 Å². The molecule has 0 fully saturated rings. The van der Waals surface area contributed by atoms with E-state index in [9.17, 15) is 43.2 Å². The van der Waals surface area contributed by atoms with E-state index >= 15 is 0 Å². The number of allylic oxidation sites excluding steroid dienone is 27. The summed E-state index contributed by atoms with van der Waals surface area (Å²) in [6.07, 6.45) is 92.2. The van der Waals surface area contributed by atoms with E-state index in [1.807, 2.05) is 12.2 Å². The van der Waals surface area contributed by atoms with E-state index in [-0.39, 0.29) is 25.7 Å². The number of phosphoric acid groups is 2. The largest absolute Gasteiger partial charge is 0.472 e. The summed E-state index contributed by atoms with van der Waals surface area (Å²) >= 11 is 0. The molecule has 0 aliphatic rings. The smallest absolute Gasteiger partial charge is 0.462 e. The molecule has 0 saturated heterocycles. The van der Waals surface area contributed by atoms with E-state index in [0.29, 0.717) is 25.7 Å². The van der Waals surface area contributed by atoms with Crippen LogP contribution in [-0.2, 0) is 65.4 Å². The lowest BCUT2D eigenvalue weighted by Gasteiger charge is -2.21. The zero-order valence-corrected chi connectivity index (χ0v) is 67.6. The highest BCUT2D eigenvalue weighted by molar-refractivity contribution is 7.47. The van der Waals surface area contributed by atoms with Gasteiger partial charge in [-0.15, -0.1) is 0 Å². The summed E-state index contributed by atoms with van der Waals surface area (Å²) in [5.41, 5.74) is 0. The summed E-state index contributed by atoms with van der Waals surface area (Å²) in [6.45, 7) is 4.42. The number of ether oxygens (including phenoxy) is 4. The molecule has 0 radical (unpaired) electrons. The normalized spacial score (nSPS) is 14.7. The summed E-state index contributed by atoms with van der Waals surface area (Å²) in [7, 11) is -10.0. The summed E-state index contributed by atoms with van der Waals surface area (Å²) in [4.78, 5) is 73.0. The van der Waals surface area contributed by atoms with Crippen molar-refractivity contribution in [3.05, 3.63) is 170 Å². The highest BCUT2D eigenvalue weighted by atomic mass is 31.2. The summed E-state index contributed by atoms with van der Waals surface area (Å²) < 4.78 is 68.4. The maximum Gasteiger partial charge on any atom is 0.472 e. The third-order valence-corrected chi connectivity index (χ3v) is 18.1. The number of phosphoric ester groups is 2. The van der Waals surface area contributed by atoms with Crippen molar-refractivity contribution >= 4 is 39.5 Å². The molecule has 0 rings (SSSR count). The Hall–Kier alpha value is -5.58. The Morgan fingerprint density at radius 3 is 0.877 bits per heavy atom. The molecule has 0 aliphatic carbocycles. The van der Waals surface area contributed by atoms with Crippen LogP contribution in [0.15, 0.2) is 170 Å². The Morgan fingerprint density at radius 1 is 0.283 bits per heavy atom. The molecule has 3 N–H and O–H groups in total. The maximum atomic E-state index is 13.1. The number of aliphatic hydroxyl groups is 1. The van der Waals surface area contributed by atoms with E-state index in [1.54, 1.807) is 12.2 Å². The monoisotopic (exact) mass is 1520 g/mol. The number of hydrogen-bond donors (Lipinski definition) is 3. The molecule has 0 bridgehead atoms. The molecule has 602 valence electrons. The second-order valence-electron chi connectivity index (χ2n) is 26.3. The van der Waals surface area contributed by atoms with Crippen LogP contribution in [0, 0.1) is 0 Å². The predicted molar refractivity (Wildman–Crippen MR) is 436 cm³/mol. The Labute approximate surface area is 642 Å². The van der Waals surface area contributed by atoms with Gasteiger partial charge >= 0.3 is 39.5 Å². The molecule has 19 heteroatoms. The molecule has 0 aromatic heterocycles. The van der Waals surface area contributed by atoms with Gasteiger partial charge in [0.1, 0.15) is 19.3 Å². The fourth-order valence-electron chi connectivity index (χ4n) is 10.1. The van der Waals surface area contributed by atoms with Crippen LogP contribution >= 0.6 is 15.6 Å². The molecule has 0 aromatic rings. The minimum absolute atomic E-state index is 0.0738. The molecule has 0 saturated carbocycles. The van der Waals surface area contributed by atoms with Crippen molar-refractivity contribution in [1.82, 2.24) is 0 Å². The first kappa shape index (κ1) is 100. The number of carbonyl (C=O) groups is 4. The quantitative estimate of drug-likeness (QED) is 0.0169. The fourth-order valence-corrected chi connectivity index (χ4v) is 11.7. The zero-order valence-electron chi connectivity index (χ0n) is 65.8. The molecular formula is C87H142O17P2. The van der Waals surface area contributed by atoms with Crippen LogP contribution in [0.4, 0.5) is 0 Å². The SMILES string of the molecule is CC/C=C\C/C=C\C/C=C\C/C=C\C/C=C\CCCCCC(=O)OCC(COP(=O)(O)OCC(O)COP(=O)(O)OCC(COC(=O)CCCCCCCC/C=C\C/C=C\C/C=C\CCCCC)OC(=O)CCCCCCC/C=C\CCCCCC)OC(=O)C/C=C\C/C=C\C/C=C\C/C=C\C/C=C\CC. The Kier molecular flexibility index (Phi) is 73.5. The van der Waals surface area contributed by atoms with Gasteiger partial charge in [0, 0.05) is 19.3 Å². The maximum absolute atomic E-state index is 13.1. The fraction of sp³-hybridized carbons (Fsp3) is 0.632. The summed E-state index contributed by atoms with van der Waals surface area (Å²) in [5.74, 6) is -2.39. The Morgan fingerprint density at radius 2 is 0.528 bits per heavy atom. The van der Waals surface area contributed by atoms with Crippen LogP contribution in [0.25, 0.3) is 0 Å². The number of hydrogen-bond acceptors (Lipinski definition) is 15. The van der Waals surface area contributed by atoms with Gasteiger partial charge in [0.25, 0.3) is 0 Å². The van der Waals surface area contributed by atoms with E-state index in [2.05, 4.69) is 174 Å². The molecule has 106 heavy (non-hydrogen) atoms. The van der Waals surface area contributed by atoms with Gasteiger partial charge in [-0.1, -0.05) is 281 Å². The lowest BCUT2D eigenvalue weighted by molar-refractivity contribution is -0.161. The van der Waals surface area contributed by atoms with E-state index < -0.39 is 97.5 Å². The highest BCUT2D eigenvalue weighted by Gasteiger charge is 2.30. The van der Waals surface area contributed by atoms with Gasteiger partial charge in [0.05, 0.1) is 32.8 Å². The third-order valence-electron chi connectivity index (χ3n) is 16.2. The van der Waals surface area contributed by atoms with Crippen molar-refractivity contribution < 1.29 is 80.2 Å². The van der Waals surface area contributed by atoms with Gasteiger partial charge in [-0.2, -0.15) is 0 Å². The van der Waals surface area contributed by atoms with E-state index in [0.717, 1.165) is 173 Å². The molecule has 0 spiro atoms. The summed E-state index contributed by atoms with van der Waals surface area (Å²) in [6, 6.07) is 0. The molecule has 5 unspecified atom stereocenters. The average Bonchev–Trinajstić information content (AvgIpc) is 0.933. The molecular weight excluding hydrogens is 1380 g/mol. The lowest BCUT2D eigenvalue weighted by atomic mass is 10.1. The van der Waals surface area contributed by atoms with Gasteiger partial charge in [0.15, 0.2) is 12.2 Å². The van der Waals surface area contributed by atoms with Crippen molar-refractivity contribution in [2.24, 2.45) is 0 Å². The van der Waals surface area contributed by atoms with Crippen molar-refractivity contribution in [3.8, 4) is 0 Å². The number of carbonyl (C=O) groups excluding carboxylic acids is 4. The minimum Gasteiger partial charge on any atom is -0.462 e. The van der Waals surface area contributed by atoms with Crippen LogP contribution in [0.5, 0.6) is 0 Å². The van der Waals surface area contributed by atoms with Crippen molar-refractivity contribution in [2.45, 2.75) is 316 Å². The van der Waals surface area contributed by atoms with Gasteiger partial charge in [0.2, 0.25) is 0 Å². The number of esters is 4. The molecule has 17 nitrogen and oxygen atoms in total. The average molecular weight is 1520 g/mol. The zero-order chi connectivity index (χ0) is 77.4. The summed E-state index contributed by atoms with van der Waals surface area (Å²) in [5, 5.41) is 10.6. The van der Waals surface area contributed by atoms with Gasteiger partial charge in [-0.25, -0.2) is 9.13 Å². The van der Waals surface area contributed by atoms with Gasteiger partial charge < -0.3 is 33.8 Å². The number of unbranched alkanes of at least 4 members (excludes halogenated alkanes) is 21. The Bertz CT molecular complexity index is 2680. The third kappa shape index (κ3) is 76.6. The number of aliphatic hydroxyl groups excluding tert-OH is 1. The topological polar surface area (TPSA) is 237 Å². The van der Waals surface area contributed by atoms with Crippen molar-refractivity contribution in [3.63, 3.8) is 0 Å². The first-order valence-electron chi connectivity index (χ1n) is 40.4. The second kappa shape index (κ2) is 77.6. The Balaban J connectivity index is 5.46. The van der Waals surface area contributed by atoms with E-state index in [1.165, 1.54) is 44.9 Å². The van der Waals surface area contributed by atoms with Gasteiger partial charge in [-0.3, -0.25) is 37.3 Å². The van der Waals surface area contributed by atoms with Crippen LogP contribution in [0.2, 0.25) is 0 Å². The predicted octanol–water partition coefficient (Wildman–Crippen LogP) is 23.8. The second-order valence-corrected chi connectivity index (χ2v) is 29.2. The van der Waals surface area contributed by atoms with Crippen molar-refractivity contribution in [1.29, 1.82) is 0 Å². The number of rotatable bonds is 74. The van der Waals surface area contributed by atoms with Gasteiger partial charge in [-0.05, 0) is 161 Å². The van der Waals surface area contributed by atoms with Crippen LogP contribution < -0.4 is 0 Å². The first-order chi connectivity index (χ1) is 51.7. The molecule has 0 aromatic carbocycles. The van der Waals surface area contributed by atoms with E-state index in [4.69, 9.17) is 37.0 Å². The molecule has 5 atom stereocenters. The minimum atomic E-state index is -5.02. The molecule has 0 amide bonds. The molecule has 0 aliphatic heterocycles. The first-order valence-corrected chi connectivity index (χ1v) is 43.4. The van der Waals surface area contributed by atoms with Crippen molar-refractivity contribution in [2.75, 3.05) is 39.6 Å². The van der Waals surface area contributed by atoms with Crippen LogP contribution in [-0.4, -0.2) is 96.7 Å². The lowest BCUT2D eigenvalue weighted by Crippen LogP contribution is -2.30. The highest BCUT2D eigenvalue weighted by Crippen LogP contribution is 2.45. The molecule has 0 heterocycles. The standard InChI is InChI=1S/C87H142O17P2/c1-5-9-13-17-21-25-29-33-36-38-40-42-45-48-51-55-59-63-67-71-84(89)97-77-82(103-86(91)73-69-65-61-57-53-47-32-28-24-20-16-12-8-4)79-101-105(93,94)99-75-81(88)76-100-106(95,96)102-80-83(104-87(92)74-70-66-62-58-54-50-44-35-31-27-23-19-15-11-7-3)78-98-85(90)72-68-64-60-56-52-49-46-43-41-39-37-34-30-26-22-18-14-10-6-2/h10-11,14-15,21-23,25-28,32-37,40-44,49,52,54,58,66,70,81-83,88H,5-9,12-13,16-20,24,29-31,38-39,45-48,50-51,53,55-57,59-65,67-69,71-80H2,1-4H3,(H,93,94)(H,95,96)/b14-10-,15-11-,25-21-,26-22-,27-23-,32-28-,36-33-,37-34-,42-40-,43-41-,44-35-,52-49-,58-54-,70-66-. The van der Waals surface area contributed by atoms with Crippen LogP contribution in [0.1, 0.15) is 297 Å².